The first-order valence-corrected chi connectivity index (χ1v) is 10.5. The number of pyridine rings is 1. The summed E-state index contributed by atoms with van der Waals surface area (Å²) in [5.74, 6) is -2.45. The number of nitrogens with zero attached hydrogens (tertiary/aromatic N) is 1. The van der Waals surface area contributed by atoms with E-state index in [1.54, 1.807) is 24.4 Å². The van der Waals surface area contributed by atoms with Gasteiger partial charge in [0.15, 0.2) is 12.2 Å². The van der Waals surface area contributed by atoms with Crippen molar-refractivity contribution in [3.8, 4) is 5.75 Å². The number of rotatable bonds is 7. The summed E-state index contributed by atoms with van der Waals surface area (Å²) in [6, 6.07) is 8.82. The van der Waals surface area contributed by atoms with Crippen LogP contribution in [0.5, 0.6) is 5.75 Å². The van der Waals surface area contributed by atoms with E-state index in [2.05, 4.69) is 4.98 Å². The van der Waals surface area contributed by atoms with Gasteiger partial charge in [0.25, 0.3) is 0 Å². The highest BCUT2D eigenvalue weighted by atomic mass is 16.7. The first-order valence-electron chi connectivity index (χ1n) is 10.5. The monoisotopic (exact) mass is 475 g/mol. The molecule has 182 valence electrons. The van der Waals surface area contributed by atoms with Crippen molar-refractivity contribution >= 4 is 34.8 Å². The molecule has 1 aliphatic heterocycles. The summed E-state index contributed by atoms with van der Waals surface area (Å²) in [5, 5.41) is 0.783. The molecule has 0 amide bonds. The van der Waals surface area contributed by atoms with Gasteiger partial charge in [0.2, 0.25) is 12.4 Å². The van der Waals surface area contributed by atoms with Crippen LogP contribution < -0.4 is 4.74 Å². The van der Waals surface area contributed by atoms with E-state index in [0.29, 0.717) is 11.3 Å². The van der Waals surface area contributed by atoms with Crippen LogP contribution in [-0.4, -0.2) is 66.2 Å². The molecule has 0 radical (unpaired) electrons. The van der Waals surface area contributed by atoms with Gasteiger partial charge in [-0.25, -0.2) is 0 Å². The molecule has 11 heteroatoms. The van der Waals surface area contributed by atoms with Crippen molar-refractivity contribution in [3.63, 3.8) is 0 Å². The maximum absolute atomic E-state index is 11.9. The van der Waals surface area contributed by atoms with Crippen LogP contribution >= 0.6 is 0 Å². The van der Waals surface area contributed by atoms with Crippen LogP contribution in [0.25, 0.3) is 10.9 Å². The van der Waals surface area contributed by atoms with E-state index in [1.165, 1.54) is 6.92 Å². The predicted molar refractivity (Wildman–Crippen MR) is 114 cm³/mol. The molecule has 2 heterocycles. The summed E-state index contributed by atoms with van der Waals surface area (Å²) in [7, 11) is 0. The van der Waals surface area contributed by atoms with E-state index < -0.39 is 54.6 Å². The Morgan fingerprint density at radius 1 is 0.824 bits per heavy atom. The molecule has 1 unspecified atom stereocenters. The molecule has 1 fully saturated rings. The molecular weight excluding hydrogens is 450 g/mol. The molecule has 0 spiro atoms. The number of benzene rings is 1. The van der Waals surface area contributed by atoms with Crippen molar-refractivity contribution in [2.45, 2.75) is 58.4 Å². The number of fused-ring (bicyclic) bond motifs is 1. The summed E-state index contributed by atoms with van der Waals surface area (Å²) in [4.78, 5) is 51.4. The fourth-order valence-electron chi connectivity index (χ4n) is 3.58. The lowest BCUT2D eigenvalue weighted by atomic mass is 9.98. The maximum atomic E-state index is 11.9. The number of esters is 4. The summed E-state index contributed by atoms with van der Waals surface area (Å²) in [6.07, 6.45) is -4.73. The smallest absolute Gasteiger partial charge is 0.303 e. The highest BCUT2D eigenvalue weighted by molar-refractivity contribution is 5.84. The Bertz CT molecular complexity index is 1070. The van der Waals surface area contributed by atoms with Crippen LogP contribution in [0.15, 0.2) is 36.5 Å². The van der Waals surface area contributed by atoms with Crippen LogP contribution in [0.2, 0.25) is 0 Å². The van der Waals surface area contributed by atoms with Gasteiger partial charge in [-0.3, -0.25) is 24.2 Å². The Labute approximate surface area is 195 Å². The zero-order valence-electron chi connectivity index (χ0n) is 19.1. The summed E-state index contributed by atoms with van der Waals surface area (Å²) in [5.41, 5.74) is 0.512. The first kappa shape index (κ1) is 24.9. The second-order valence-corrected chi connectivity index (χ2v) is 7.52. The highest BCUT2D eigenvalue weighted by Gasteiger charge is 2.53. The maximum Gasteiger partial charge on any atom is 0.303 e. The third-order valence-electron chi connectivity index (χ3n) is 4.79. The fraction of sp³-hybridized carbons (Fsp3) is 0.435. The zero-order valence-corrected chi connectivity index (χ0v) is 19.1. The molecule has 1 saturated heterocycles. The summed E-state index contributed by atoms with van der Waals surface area (Å²) < 4.78 is 33.2. The number of para-hydroxylation sites is 1. The number of ether oxygens (including phenoxy) is 6. The summed E-state index contributed by atoms with van der Waals surface area (Å²) in [6.45, 7) is 4.32. The van der Waals surface area contributed by atoms with Gasteiger partial charge in [0.05, 0.1) is 0 Å². The molecule has 0 aliphatic carbocycles. The van der Waals surface area contributed by atoms with Crippen molar-refractivity contribution in [2.24, 2.45) is 0 Å². The molecule has 1 aromatic heterocycles. The molecule has 5 atom stereocenters. The van der Waals surface area contributed by atoms with Crippen LogP contribution in [0.1, 0.15) is 27.7 Å². The second-order valence-electron chi connectivity index (χ2n) is 7.52. The van der Waals surface area contributed by atoms with Gasteiger partial charge < -0.3 is 28.4 Å². The SMILES string of the molecule is CC(=O)OC[C@H]1OC(Oc2cccc3cccnc23)[C@H](OC(C)=O)[C@@H](OC(C)=O)[C@@H]1OC(C)=O. The molecule has 3 rings (SSSR count). The number of carbonyl (C=O) groups excluding carboxylic acids is 4. The predicted octanol–water partition coefficient (Wildman–Crippen LogP) is 1.70. The van der Waals surface area contributed by atoms with Gasteiger partial charge in [-0.05, 0) is 12.1 Å². The van der Waals surface area contributed by atoms with Crippen molar-refractivity contribution in [1.82, 2.24) is 4.98 Å². The molecule has 0 saturated carbocycles. The fourth-order valence-corrected chi connectivity index (χ4v) is 3.58. The van der Waals surface area contributed by atoms with Crippen LogP contribution in [0.3, 0.4) is 0 Å². The second kappa shape index (κ2) is 10.9. The number of hydrogen-bond donors (Lipinski definition) is 0. The number of aromatic nitrogens is 1. The van der Waals surface area contributed by atoms with Gasteiger partial charge in [0.1, 0.15) is 24.0 Å². The number of hydrogen-bond acceptors (Lipinski definition) is 11. The Balaban J connectivity index is 2.03. The normalized spacial score (nSPS) is 24.1. The molecule has 1 aliphatic rings. The minimum atomic E-state index is -1.33. The Kier molecular flexibility index (Phi) is 8.00. The average Bonchev–Trinajstić information content (AvgIpc) is 2.75. The lowest BCUT2D eigenvalue weighted by Crippen LogP contribution is -2.63. The van der Waals surface area contributed by atoms with Crippen LogP contribution in [0.4, 0.5) is 0 Å². The van der Waals surface area contributed by atoms with Crippen molar-refractivity contribution < 1.29 is 47.6 Å². The molecular formula is C23H25NO10. The van der Waals surface area contributed by atoms with Crippen molar-refractivity contribution in [1.29, 1.82) is 0 Å². The third kappa shape index (κ3) is 6.19. The molecule has 0 bridgehead atoms. The molecule has 11 nitrogen and oxygen atoms in total. The van der Waals surface area contributed by atoms with E-state index in [0.717, 1.165) is 26.2 Å². The lowest BCUT2D eigenvalue weighted by molar-refractivity contribution is -0.288. The van der Waals surface area contributed by atoms with Crippen molar-refractivity contribution in [3.05, 3.63) is 36.5 Å². The van der Waals surface area contributed by atoms with Gasteiger partial charge >= 0.3 is 23.9 Å². The highest BCUT2D eigenvalue weighted by Crippen LogP contribution is 2.32. The Morgan fingerprint density at radius 2 is 1.44 bits per heavy atom. The van der Waals surface area contributed by atoms with Gasteiger partial charge in [-0.15, -0.1) is 0 Å². The minimum Gasteiger partial charge on any atom is -0.463 e. The quantitative estimate of drug-likeness (QED) is 0.427. The van der Waals surface area contributed by atoms with E-state index in [-0.39, 0.29) is 6.61 Å². The van der Waals surface area contributed by atoms with E-state index in [9.17, 15) is 19.2 Å². The molecule has 2 aromatic rings. The third-order valence-corrected chi connectivity index (χ3v) is 4.79. The zero-order chi connectivity index (χ0) is 24.8. The topological polar surface area (TPSA) is 137 Å². The average molecular weight is 475 g/mol. The lowest BCUT2D eigenvalue weighted by Gasteiger charge is -2.43. The Hall–Kier alpha value is -3.73. The Morgan fingerprint density at radius 3 is 2.09 bits per heavy atom. The van der Waals surface area contributed by atoms with Crippen molar-refractivity contribution in [2.75, 3.05) is 6.61 Å². The van der Waals surface area contributed by atoms with Gasteiger partial charge in [-0.2, -0.15) is 0 Å². The molecule has 1 aromatic carbocycles. The van der Waals surface area contributed by atoms with Crippen LogP contribution in [-0.2, 0) is 42.9 Å². The summed E-state index contributed by atoms with van der Waals surface area (Å²) >= 11 is 0. The first-order chi connectivity index (χ1) is 16.2. The molecule has 34 heavy (non-hydrogen) atoms. The van der Waals surface area contributed by atoms with E-state index in [4.69, 9.17) is 28.4 Å². The van der Waals surface area contributed by atoms with Gasteiger partial charge in [0, 0.05) is 39.3 Å². The standard InChI is InChI=1S/C23H25NO10/c1-12(25)29-11-18-20(30-13(2)26)21(31-14(3)27)22(32-15(4)28)23(34-18)33-17-9-5-7-16-8-6-10-24-19(16)17/h5-10,18,20-23H,11H2,1-4H3/t18-,20-,21+,22-,23?/m1/s1. The van der Waals surface area contributed by atoms with Crippen LogP contribution in [0, 0.1) is 0 Å². The largest absolute Gasteiger partial charge is 0.463 e. The van der Waals surface area contributed by atoms with Gasteiger partial charge in [-0.1, -0.05) is 18.2 Å². The van der Waals surface area contributed by atoms with E-state index >= 15 is 0 Å². The molecule has 0 N–H and O–H groups in total. The minimum absolute atomic E-state index is 0.305. The number of carbonyl (C=O) groups is 4. The van der Waals surface area contributed by atoms with E-state index in [1.807, 2.05) is 12.1 Å².